The number of pyridine rings is 1. The zero-order chi connectivity index (χ0) is 15.1. The second kappa shape index (κ2) is 8.30. The molecule has 2 heterocycles. The Bertz CT molecular complexity index is 548. The number of hydrogen-bond donors (Lipinski definition) is 1. The lowest BCUT2D eigenvalue weighted by Crippen LogP contribution is -2.25. The van der Waals surface area contributed by atoms with E-state index in [1.165, 1.54) is 21.0 Å². The molecular formula is C18H26N2S. The van der Waals surface area contributed by atoms with E-state index in [0.29, 0.717) is 6.04 Å². The lowest BCUT2D eigenvalue weighted by atomic mass is 10.0. The smallest absolute Gasteiger partial charge is 0.0608 e. The molecule has 0 aliphatic carbocycles. The minimum atomic E-state index is 0.324. The Labute approximate surface area is 132 Å². The Hall–Kier alpha value is -1.19. The van der Waals surface area contributed by atoms with Gasteiger partial charge in [0.1, 0.15) is 0 Å². The monoisotopic (exact) mass is 302 g/mol. The quantitative estimate of drug-likeness (QED) is 0.773. The molecule has 21 heavy (non-hydrogen) atoms. The first kappa shape index (κ1) is 16.2. The molecule has 0 spiro atoms. The van der Waals surface area contributed by atoms with Crippen molar-refractivity contribution in [2.45, 2.75) is 52.5 Å². The third kappa shape index (κ3) is 4.39. The van der Waals surface area contributed by atoms with E-state index in [-0.39, 0.29) is 0 Å². The van der Waals surface area contributed by atoms with Gasteiger partial charge in [-0.15, -0.1) is 11.3 Å². The van der Waals surface area contributed by atoms with Crippen LogP contribution in [0.2, 0.25) is 0 Å². The summed E-state index contributed by atoms with van der Waals surface area (Å²) in [6, 6.07) is 9.10. The topological polar surface area (TPSA) is 24.9 Å². The summed E-state index contributed by atoms with van der Waals surface area (Å²) in [5.74, 6) is 0. The number of nitrogens with one attached hydrogen (secondary N) is 1. The summed E-state index contributed by atoms with van der Waals surface area (Å²) in [5, 5.41) is 3.68. The average molecular weight is 302 g/mol. The molecule has 3 heteroatoms. The van der Waals surface area contributed by atoms with Crippen molar-refractivity contribution in [1.82, 2.24) is 10.3 Å². The summed E-state index contributed by atoms with van der Waals surface area (Å²) in [6.07, 6.45) is 6.27. The number of nitrogens with zero attached hydrogens (tertiary/aromatic N) is 1. The molecule has 0 bridgehead atoms. The summed E-state index contributed by atoms with van der Waals surface area (Å²) in [7, 11) is 0. The summed E-state index contributed by atoms with van der Waals surface area (Å²) in [6.45, 7) is 7.67. The third-order valence-electron chi connectivity index (χ3n) is 3.75. The van der Waals surface area contributed by atoms with Gasteiger partial charge in [-0.2, -0.15) is 0 Å². The predicted octanol–water partition coefficient (Wildman–Crippen LogP) is 4.55. The first-order chi connectivity index (χ1) is 10.3. The van der Waals surface area contributed by atoms with Gasteiger partial charge in [0.2, 0.25) is 0 Å². The van der Waals surface area contributed by atoms with E-state index >= 15 is 0 Å². The Balaban J connectivity index is 2.20. The van der Waals surface area contributed by atoms with Crippen LogP contribution in [0.15, 0.2) is 30.5 Å². The van der Waals surface area contributed by atoms with Crippen molar-refractivity contribution in [2.75, 3.05) is 6.54 Å². The van der Waals surface area contributed by atoms with Gasteiger partial charge in [0.05, 0.1) is 11.7 Å². The normalized spacial score (nSPS) is 12.5. The second-order valence-corrected chi connectivity index (χ2v) is 6.59. The van der Waals surface area contributed by atoms with E-state index in [4.69, 9.17) is 0 Å². The first-order valence-corrected chi connectivity index (χ1v) is 8.84. The molecular weight excluding hydrogens is 276 g/mol. The minimum Gasteiger partial charge on any atom is -0.308 e. The maximum absolute atomic E-state index is 4.67. The molecule has 114 valence electrons. The predicted molar refractivity (Wildman–Crippen MR) is 92.1 cm³/mol. The molecule has 0 fully saturated rings. The van der Waals surface area contributed by atoms with Gasteiger partial charge < -0.3 is 5.32 Å². The summed E-state index contributed by atoms with van der Waals surface area (Å²) in [4.78, 5) is 7.59. The number of hydrogen-bond acceptors (Lipinski definition) is 3. The highest BCUT2D eigenvalue weighted by Crippen LogP contribution is 2.25. The van der Waals surface area contributed by atoms with Crippen molar-refractivity contribution in [1.29, 1.82) is 0 Å². The fourth-order valence-electron chi connectivity index (χ4n) is 2.57. The van der Waals surface area contributed by atoms with E-state index in [0.717, 1.165) is 32.2 Å². The van der Waals surface area contributed by atoms with Gasteiger partial charge >= 0.3 is 0 Å². The standard InChI is InChI=1S/C18H26N2S/c1-4-11-19-17(13-16-10-9-15(6-3)21-16)18-14(5-2)8-7-12-20-18/h7-10,12,17,19H,4-6,11,13H2,1-3H3. The van der Waals surface area contributed by atoms with Crippen LogP contribution in [0.5, 0.6) is 0 Å². The first-order valence-electron chi connectivity index (χ1n) is 8.03. The highest BCUT2D eigenvalue weighted by Gasteiger charge is 2.17. The van der Waals surface area contributed by atoms with Crippen molar-refractivity contribution < 1.29 is 0 Å². The van der Waals surface area contributed by atoms with E-state index in [9.17, 15) is 0 Å². The van der Waals surface area contributed by atoms with Crippen LogP contribution in [0.3, 0.4) is 0 Å². The molecule has 0 amide bonds. The number of rotatable bonds is 8. The lowest BCUT2D eigenvalue weighted by molar-refractivity contribution is 0.517. The molecule has 0 saturated heterocycles. The molecule has 1 unspecified atom stereocenters. The lowest BCUT2D eigenvalue weighted by Gasteiger charge is -2.20. The SMILES string of the molecule is CCCNC(Cc1ccc(CC)s1)c1ncccc1CC. The van der Waals surface area contributed by atoms with Crippen LogP contribution in [0.25, 0.3) is 0 Å². The maximum Gasteiger partial charge on any atom is 0.0608 e. The third-order valence-corrected chi connectivity index (χ3v) is 5.00. The Morgan fingerprint density at radius 2 is 1.90 bits per heavy atom. The van der Waals surface area contributed by atoms with Crippen molar-refractivity contribution >= 4 is 11.3 Å². The fourth-order valence-corrected chi connectivity index (χ4v) is 3.57. The van der Waals surface area contributed by atoms with Gasteiger partial charge in [0.25, 0.3) is 0 Å². The molecule has 0 radical (unpaired) electrons. The molecule has 1 N–H and O–H groups in total. The molecule has 0 aliphatic heterocycles. The van der Waals surface area contributed by atoms with E-state index in [2.05, 4.69) is 49.3 Å². The van der Waals surface area contributed by atoms with Gasteiger partial charge in [0, 0.05) is 22.4 Å². The molecule has 0 aromatic carbocycles. The minimum absolute atomic E-state index is 0.324. The summed E-state index contributed by atoms with van der Waals surface area (Å²) < 4.78 is 0. The second-order valence-electron chi connectivity index (χ2n) is 5.33. The summed E-state index contributed by atoms with van der Waals surface area (Å²) in [5.41, 5.74) is 2.58. The van der Waals surface area contributed by atoms with Crippen molar-refractivity contribution in [3.63, 3.8) is 0 Å². The molecule has 2 aromatic heterocycles. The summed E-state index contributed by atoms with van der Waals surface area (Å²) >= 11 is 1.94. The van der Waals surface area contributed by atoms with Crippen molar-refractivity contribution in [3.8, 4) is 0 Å². The van der Waals surface area contributed by atoms with E-state index < -0.39 is 0 Å². The van der Waals surface area contributed by atoms with Crippen LogP contribution >= 0.6 is 11.3 Å². The van der Waals surface area contributed by atoms with Crippen LogP contribution in [0.4, 0.5) is 0 Å². The van der Waals surface area contributed by atoms with Crippen molar-refractivity contribution in [2.24, 2.45) is 0 Å². The van der Waals surface area contributed by atoms with Crippen LogP contribution in [0.1, 0.15) is 54.2 Å². The van der Waals surface area contributed by atoms with Crippen molar-refractivity contribution in [3.05, 3.63) is 51.5 Å². The largest absolute Gasteiger partial charge is 0.308 e. The Morgan fingerprint density at radius 3 is 2.57 bits per heavy atom. The van der Waals surface area contributed by atoms with Gasteiger partial charge in [-0.3, -0.25) is 4.98 Å². The van der Waals surface area contributed by atoms with Crippen LogP contribution < -0.4 is 5.32 Å². The number of aryl methyl sites for hydroxylation is 2. The van der Waals surface area contributed by atoms with E-state index in [1.54, 1.807) is 0 Å². The van der Waals surface area contributed by atoms with E-state index in [1.807, 2.05) is 23.6 Å². The number of aromatic nitrogens is 1. The highest BCUT2D eigenvalue weighted by atomic mass is 32.1. The molecule has 1 atom stereocenters. The molecule has 0 aliphatic rings. The van der Waals surface area contributed by atoms with Gasteiger partial charge in [-0.1, -0.05) is 26.8 Å². The highest BCUT2D eigenvalue weighted by molar-refractivity contribution is 7.11. The van der Waals surface area contributed by atoms with Crippen LogP contribution in [-0.2, 0) is 19.3 Å². The zero-order valence-electron chi connectivity index (χ0n) is 13.4. The number of thiophene rings is 1. The Morgan fingerprint density at radius 1 is 1.10 bits per heavy atom. The van der Waals surface area contributed by atoms with Crippen LogP contribution in [-0.4, -0.2) is 11.5 Å². The maximum atomic E-state index is 4.67. The molecule has 2 aromatic rings. The van der Waals surface area contributed by atoms with Gasteiger partial charge in [-0.05, 0) is 49.6 Å². The Kier molecular flexibility index (Phi) is 6.40. The molecule has 0 saturated carbocycles. The zero-order valence-corrected chi connectivity index (χ0v) is 14.2. The molecule has 2 rings (SSSR count). The molecule has 2 nitrogen and oxygen atoms in total. The fraction of sp³-hybridized carbons (Fsp3) is 0.500. The average Bonchev–Trinajstić information content (AvgIpc) is 2.99. The van der Waals surface area contributed by atoms with Crippen LogP contribution in [0, 0.1) is 0 Å². The van der Waals surface area contributed by atoms with Gasteiger partial charge in [-0.25, -0.2) is 0 Å². The van der Waals surface area contributed by atoms with Gasteiger partial charge in [0.15, 0.2) is 0 Å².